The summed E-state index contributed by atoms with van der Waals surface area (Å²) in [4.78, 5) is 35.3. The van der Waals surface area contributed by atoms with Crippen LogP contribution in [-0.2, 0) is 9.59 Å². The smallest absolute Gasteiger partial charge is 0.269 e. The fourth-order valence-corrected chi connectivity index (χ4v) is 2.59. The fourth-order valence-electron chi connectivity index (χ4n) is 2.59. The Morgan fingerprint density at radius 2 is 1.67 bits per heavy atom. The lowest BCUT2D eigenvalue weighted by molar-refractivity contribution is -0.384. The van der Waals surface area contributed by atoms with Crippen molar-refractivity contribution in [3.8, 4) is 0 Å². The normalized spacial score (nSPS) is 12.7. The number of nitro groups is 1. The number of nitrogens with zero attached hydrogens (tertiary/aromatic N) is 1. The number of non-ortho nitro benzene ring substituents is 1. The molecule has 0 spiro atoms. The summed E-state index contributed by atoms with van der Waals surface area (Å²) in [7, 11) is 0. The van der Waals surface area contributed by atoms with Gasteiger partial charge in [0.15, 0.2) is 0 Å². The molecule has 2 aromatic rings. The lowest BCUT2D eigenvalue weighted by Crippen LogP contribution is -2.41. The van der Waals surface area contributed by atoms with Gasteiger partial charge in [0.25, 0.3) is 11.6 Å². The molecule has 0 heterocycles. The molecular formula is C19H21N3O5. The summed E-state index contributed by atoms with van der Waals surface area (Å²) < 4.78 is 0. The average Bonchev–Trinajstić information content (AvgIpc) is 2.62. The van der Waals surface area contributed by atoms with E-state index in [4.69, 9.17) is 0 Å². The summed E-state index contributed by atoms with van der Waals surface area (Å²) in [5.41, 5.74) is 2.31. The van der Waals surface area contributed by atoms with Crippen LogP contribution in [-0.4, -0.2) is 27.9 Å². The van der Waals surface area contributed by atoms with Gasteiger partial charge in [-0.25, -0.2) is 0 Å². The van der Waals surface area contributed by atoms with Crippen molar-refractivity contribution in [1.29, 1.82) is 0 Å². The first-order valence-electron chi connectivity index (χ1n) is 8.30. The van der Waals surface area contributed by atoms with Crippen LogP contribution in [0.5, 0.6) is 0 Å². The van der Waals surface area contributed by atoms with Gasteiger partial charge in [-0.05, 0) is 37.5 Å². The van der Waals surface area contributed by atoms with Crippen LogP contribution in [0.15, 0.2) is 42.5 Å². The van der Waals surface area contributed by atoms with E-state index in [1.54, 1.807) is 0 Å². The predicted octanol–water partition coefficient (Wildman–Crippen LogP) is 2.39. The second kappa shape index (κ2) is 8.41. The predicted molar refractivity (Wildman–Crippen MR) is 100 cm³/mol. The first-order chi connectivity index (χ1) is 12.7. The van der Waals surface area contributed by atoms with Crippen LogP contribution in [0.1, 0.15) is 29.7 Å². The molecule has 0 bridgehead atoms. The summed E-state index contributed by atoms with van der Waals surface area (Å²) in [6, 6.07) is 9.77. The lowest BCUT2D eigenvalue weighted by atomic mass is 10.0. The zero-order valence-electron chi connectivity index (χ0n) is 15.2. The van der Waals surface area contributed by atoms with Crippen molar-refractivity contribution in [2.75, 3.05) is 5.32 Å². The van der Waals surface area contributed by atoms with Crippen LogP contribution in [0, 0.1) is 24.0 Å². The Hall–Kier alpha value is -3.26. The number of carbonyl (C=O) groups is 2. The maximum atomic E-state index is 12.9. The minimum absolute atomic E-state index is 0.205. The Morgan fingerprint density at radius 3 is 2.22 bits per heavy atom. The summed E-state index contributed by atoms with van der Waals surface area (Å²) in [5, 5.41) is 25.7. The van der Waals surface area contributed by atoms with Crippen LogP contribution >= 0.6 is 0 Å². The van der Waals surface area contributed by atoms with Crippen LogP contribution in [0.3, 0.4) is 0 Å². The zero-order chi connectivity index (χ0) is 20.1. The second-order valence-corrected chi connectivity index (χ2v) is 6.23. The lowest BCUT2D eigenvalue weighted by Gasteiger charge is -2.21. The fraction of sp³-hybridized carbons (Fsp3) is 0.263. The Bertz CT molecular complexity index is 859. The molecule has 0 unspecified atom stereocenters. The molecule has 0 fully saturated rings. The highest BCUT2D eigenvalue weighted by Gasteiger charge is 2.26. The van der Waals surface area contributed by atoms with Gasteiger partial charge in [0.2, 0.25) is 5.91 Å². The highest BCUT2D eigenvalue weighted by molar-refractivity contribution is 5.99. The molecule has 2 atom stereocenters. The quantitative estimate of drug-likeness (QED) is 0.532. The molecule has 0 aliphatic carbocycles. The summed E-state index contributed by atoms with van der Waals surface area (Å²) in [5.74, 6) is -1.33. The highest BCUT2D eigenvalue weighted by atomic mass is 16.6. The Labute approximate surface area is 156 Å². The van der Waals surface area contributed by atoms with E-state index in [1.807, 2.05) is 32.0 Å². The van der Waals surface area contributed by atoms with Gasteiger partial charge in [-0.2, -0.15) is 0 Å². The van der Waals surface area contributed by atoms with Crippen LogP contribution in [0.4, 0.5) is 11.4 Å². The molecule has 2 rings (SSSR count). The largest absolute Gasteiger partial charge is 0.384 e. The third kappa shape index (κ3) is 4.89. The molecule has 3 N–H and O–H groups in total. The minimum Gasteiger partial charge on any atom is -0.384 e. The van der Waals surface area contributed by atoms with Crippen LogP contribution < -0.4 is 10.6 Å². The first-order valence-corrected chi connectivity index (χ1v) is 8.30. The minimum atomic E-state index is -1.33. The zero-order valence-corrected chi connectivity index (χ0v) is 15.2. The number of aliphatic hydroxyl groups is 1. The van der Waals surface area contributed by atoms with Gasteiger partial charge in [-0.3, -0.25) is 19.7 Å². The first kappa shape index (κ1) is 20.1. The number of nitro benzene ring substituents is 1. The molecule has 2 aromatic carbocycles. The van der Waals surface area contributed by atoms with Crippen molar-refractivity contribution in [1.82, 2.24) is 5.32 Å². The topological polar surface area (TPSA) is 122 Å². The second-order valence-electron chi connectivity index (χ2n) is 6.23. The molecule has 142 valence electrons. The van der Waals surface area contributed by atoms with Gasteiger partial charge >= 0.3 is 0 Å². The Morgan fingerprint density at radius 1 is 1.07 bits per heavy atom. The van der Waals surface area contributed by atoms with E-state index in [2.05, 4.69) is 10.6 Å². The SMILES string of the molecule is Cc1cccc(C)c1NC(=O)[C@@H](NC(=O)[C@H](C)O)c1cccc([N+](=O)[O-])c1. The molecule has 0 saturated carbocycles. The Balaban J connectivity index is 2.40. The van der Waals surface area contributed by atoms with E-state index in [9.17, 15) is 24.8 Å². The van der Waals surface area contributed by atoms with Crippen molar-refractivity contribution in [3.05, 3.63) is 69.3 Å². The van der Waals surface area contributed by atoms with Gasteiger partial charge in [0, 0.05) is 17.8 Å². The number of hydrogen-bond donors (Lipinski definition) is 3. The number of para-hydroxylation sites is 1. The number of amides is 2. The number of nitrogens with one attached hydrogen (secondary N) is 2. The maximum Gasteiger partial charge on any atom is 0.269 e. The number of carbonyl (C=O) groups excluding carboxylic acids is 2. The van der Waals surface area contributed by atoms with Crippen LogP contribution in [0.2, 0.25) is 0 Å². The van der Waals surface area contributed by atoms with Gasteiger partial charge in [-0.15, -0.1) is 0 Å². The van der Waals surface area contributed by atoms with E-state index < -0.39 is 28.9 Å². The van der Waals surface area contributed by atoms with Crippen LogP contribution in [0.25, 0.3) is 0 Å². The molecule has 0 radical (unpaired) electrons. The van der Waals surface area contributed by atoms with Crippen molar-refractivity contribution in [3.63, 3.8) is 0 Å². The molecule has 8 nitrogen and oxygen atoms in total. The molecule has 8 heteroatoms. The highest BCUT2D eigenvalue weighted by Crippen LogP contribution is 2.24. The average molecular weight is 371 g/mol. The van der Waals surface area contributed by atoms with E-state index >= 15 is 0 Å². The molecule has 2 amide bonds. The summed E-state index contributed by atoms with van der Waals surface area (Å²) >= 11 is 0. The van der Waals surface area contributed by atoms with E-state index in [-0.39, 0.29) is 11.3 Å². The molecule has 27 heavy (non-hydrogen) atoms. The van der Waals surface area contributed by atoms with Crippen molar-refractivity contribution in [2.45, 2.75) is 32.9 Å². The number of anilines is 1. The van der Waals surface area contributed by atoms with E-state index in [0.717, 1.165) is 11.1 Å². The monoisotopic (exact) mass is 371 g/mol. The van der Waals surface area contributed by atoms with E-state index in [0.29, 0.717) is 5.69 Å². The van der Waals surface area contributed by atoms with Gasteiger partial charge in [0.1, 0.15) is 12.1 Å². The third-order valence-electron chi connectivity index (χ3n) is 4.07. The number of hydrogen-bond acceptors (Lipinski definition) is 5. The number of benzene rings is 2. The van der Waals surface area contributed by atoms with Crippen molar-refractivity contribution >= 4 is 23.2 Å². The van der Waals surface area contributed by atoms with Crippen molar-refractivity contribution in [2.24, 2.45) is 0 Å². The van der Waals surface area contributed by atoms with Gasteiger partial charge in [-0.1, -0.05) is 30.3 Å². The molecule has 0 aliphatic rings. The molecular weight excluding hydrogens is 350 g/mol. The Kier molecular flexibility index (Phi) is 6.25. The molecule has 0 aliphatic heterocycles. The number of aryl methyl sites for hydroxylation is 2. The number of aliphatic hydroxyl groups excluding tert-OH is 1. The van der Waals surface area contributed by atoms with Crippen molar-refractivity contribution < 1.29 is 19.6 Å². The van der Waals surface area contributed by atoms with Gasteiger partial charge < -0.3 is 15.7 Å². The summed E-state index contributed by atoms with van der Waals surface area (Å²) in [6.07, 6.45) is -1.33. The molecule has 0 saturated heterocycles. The van der Waals surface area contributed by atoms with E-state index in [1.165, 1.54) is 31.2 Å². The maximum absolute atomic E-state index is 12.9. The standard InChI is InChI=1S/C19H21N3O5/c1-11-6-4-7-12(2)16(11)20-19(25)17(21-18(24)13(3)23)14-8-5-9-15(10-14)22(26)27/h4-10,13,17,23H,1-3H3,(H,20,25)(H,21,24)/t13-,17-/m0/s1. The number of rotatable bonds is 6. The van der Waals surface area contributed by atoms with Gasteiger partial charge in [0.05, 0.1) is 4.92 Å². The molecule has 0 aromatic heterocycles. The summed E-state index contributed by atoms with van der Waals surface area (Å²) in [6.45, 7) is 4.93. The third-order valence-corrected chi connectivity index (χ3v) is 4.07.